The zero-order valence-electron chi connectivity index (χ0n) is 35.7. The van der Waals surface area contributed by atoms with Crippen LogP contribution in [0.2, 0.25) is 0 Å². The quantitative estimate of drug-likeness (QED) is 0.174. The lowest BCUT2D eigenvalue weighted by Crippen LogP contribution is -2.36. The largest absolute Gasteiger partial charge is 0.368 e. The number of nitrogens with zero attached hydrogens (tertiary/aromatic N) is 7. The lowest BCUT2D eigenvalue weighted by Gasteiger charge is -2.20. The van der Waals surface area contributed by atoms with Gasteiger partial charge in [0.15, 0.2) is 0 Å². The molecule has 1 aromatic carbocycles. The molecule has 14 heteroatoms. The van der Waals surface area contributed by atoms with E-state index in [1.807, 2.05) is 31.6 Å². The number of amides is 2. The van der Waals surface area contributed by atoms with Gasteiger partial charge in [0.25, 0.3) is 0 Å². The number of hydrogen-bond acceptors (Lipinski definition) is 10. The highest BCUT2D eigenvalue weighted by Gasteiger charge is 2.34. The van der Waals surface area contributed by atoms with Crippen molar-refractivity contribution in [3.8, 4) is 0 Å². The van der Waals surface area contributed by atoms with Gasteiger partial charge in [0, 0.05) is 109 Å². The van der Waals surface area contributed by atoms with Crippen molar-refractivity contribution >= 4 is 72.8 Å². The fourth-order valence-corrected chi connectivity index (χ4v) is 10.8. The highest BCUT2D eigenvalue weighted by molar-refractivity contribution is 9.10. The van der Waals surface area contributed by atoms with Gasteiger partial charge in [-0.15, -0.1) is 0 Å². The standard InChI is InChI=1S/C26H30N4O.C11H12BrN3O.C11H14BrN3/c1-18-21(13-20-6-3-4-8-24(18)20)16-29(2)25(31)10-9-19-12-22-17-30-11-5-7-23(30)15-28-26(22)27-14-19;12-8-4-7-6-15-3-1-2-9(15)11(16)14-10(7)13-5-8;12-9-4-8-7-15-3-1-2-10(15)6-14-11(8)13-5-9/h3-4,6,8-10,12,14,23H,5,7,11,13,15-17H2,1-2H3,(H,27,28);4-5,9H,1-3,6H2,(H,13,14,16);4-5,10H,1-3,6-7H2,(H,13,14)/b10-9+;;/t23-;9-;10-/m000/s1. The fraction of sp³-hybridized carbons (Fsp3) is 0.438. The number of benzene rings is 1. The molecule has 324 valence electrons. The molecule has 0 saturated carbocycles. The highest BCUT2D eigenvalue weighted by atomic mass is 79.9. The van der Waals surface area contributed by atoms with Crippen LogP contribution in [0.4, 0.5) is 17.5 Å². The van der Waals surface area contributed by atoms with Gasteiger partial charge < -0.3 is 20.9 Å². The van der Waals surface area contributed by atoms with Gasteiger partial charge >= 0.3 is 0 Å². The molecule has 6 aliphatic heterocycles. The molecule has 0 unspecified atom stereocenters. The Morgan fingerprint density at radius 2 is 1.35 bits per heavy atom. The molecule has 4 aromatic rings. The molecule has 0 radical (unpaired) electrons. The van der Waals surface area contributed by atoms with Crippen LogP contribution in [0.3, 0.4) is 0 Å². The van der Waals surface area contributed by atoms with Crippen molar-refractivity contribution in [2.45, 2.75) is 89.6 Å². The first-order chi connectivity index (χ1) is 30.1. The van der Waals surface area contributed by atoms with E-state index in [2.05, 4.69) is 121 Å². The number of likely N-dealkylation sites (N-methyl/N-ethyl adjacent to an activating group) is 1. The molecule has 3 atom stereocenters. The third-order valence-corrected chi connectivity index (χ3v) is 14.3. The van der Waals surface area contributed by atoms with Gasteiger partial charge in [-0.2, -0.15) is 0 Å². The molecular weight excluding hydrogens is 908 g/mol. The number of aromatic nitrogens is 3. The predicted molar refractivity (Wildman–Crippen MR) is 253 cm³/mol. The minimum atomic E-state index is 0.0175. The van der Waals surface area contributed by atoms with Crippen LogP contribution in [0, 0.1) is 0 Å². The molecule has 11 rings (SSSR count). The Morgan fingerprint density at radius 3 is 2.05 bits per heavy atom. The number of anilines is 3. The van der Waals surface area contributed by atoms with E-state index in [9.17, 15) is 9.59 Å². The van der Waals surface area contributed by atoms with E-state index in [1.54, 1.807) is 17.2 Å². The first-order valence-corrected chi connectivity index (χ1v) is 23.7. The van der Waals surface area contributed by atoms with Crippen LogP contribution in [-0.4, -0.2) is 111 Å². The molecule has 9 heterocycles. The molecule has 62 heavy (non-hydrogen) atoms. The van der Waals surface area contributed by atoms with E-state index >= 15 is 0 Å². The smallest absolute Gasteiger partial charge is 0.246 e. The first-order valence-electron chi connectivity index (χ1n) is 22.1. The van der Waals surface area contributed by atoms with Crippen molar-refractivity contribution < 1.29 is 9.59 Å². The van der Waals surface area contributed by atoms with E-state index in [1.165, 1.54) is 65.6 Å². The van der Waals surface area contributed by atoms with Crippen molar-refractivity contribution in [3.63, 3.8) is 0 Å². The summed E-state index contributed by atoms with van der Waals surface area (Å²) in [6, 6.07) is 16.2. The summed E-state index contributed by atoms with van der Waals surface area (Å²) in [7, 11) is 1.88. The van der Waals surface area contributed by atoms with Crippen LogP contribution < -0.4 is 16.0 Å². The summed E-state index contributed by atoms with van der Waals surface area (Å²) in [6.45, 7) is 11.0. The van der Waals surface area contributed by atoms with Gasteiger partial charge in [0.2, 0.25) is 11.8 Å². The zero-order valence-corrected chi connectivity index (χ0v) is 38.8. The van der Waals surface area contributed by atoms with Crippen molar-refractivity contribution in [1.82, 2.24) is 34.6 Å². The van der Waals surface area contributed by atoms with Gasteiger partial charge in [0.05, 0.1) is 6.04 Å². The van der Waals surface area contributed by atoms with E-state index < -0.39 is 0 Å². The van der Waals surface area contributed by atoms with Gasteiger partial charge in [-0.05, 0) is 155 Å². The Hall–Kier alpha value is -4.47. The number of carbonyl (C=O) groups is 2. The third-order valence-electron chi connectivity index (χ3n) is 13.5. The molecule has 3 saturated heterocycles. The number of halogens is 2. The molecule has 3 N–H and O–H groups in total. The second-order valence-electron chi connectivity index (χ2n) is 17.6. The average molecular weight is 965 g/mol. The number of pyridine rings is 3. The number of nitrogens with one attached hydrogen (secondary N) is 3. The Kier molecular flexibility index (Phi) is 13.2. The minimum absolute atomic E-state index is 0.0175. The Morgan fingerprint density at radius 1 is 0.774 bits per heavy atom. The van der Waals surface area contributed by atoms with Crippen molar-refractivity contribution in [3.05, 3.63) is 115 Å². The van der Waals surface area contributed by atoms with Gasteiger partial charge in [-0.3, -0.25) is 24.3 Å². The number of hydrogen-bond donors (Lipinski definition) is 3. The topological polar surface area (TPSA) is 122 Å². The summed E-state index contributed by atoms with van der Waals surface area (Å²) in [5.41, 5.74) is 9.90. The maximum atomic E-state index is 12.8. The number of rotatable bonds is 4. The molecule has 3 aromatic heterocycles. The van der Waals surface area contributed by atoms with Crippen LogP contribution in [0.25, 0.3) is 11.6 Å². The van der Waals surface area contributed by atoms with Crippen LogP contribution in [0.5, 0.6) is 0 Å². The Bertz CT molecular complexity index is 2390. The SMILES string of the molecule is Brc1cnc2c(c1)CN1CCC[C@H]1CN2.CC1=C(CN(C)C(=O)/C=C/c2cnc3c(c2)CN2CCC[C@H]2CN3)Cc2ccccc21.O=C1Nc2ncc(Br)cc2CN2CCC[C@@H]12. The maximum Gasteiger partial charge on any atom is 0.246 e. The molecule has 1 aliphatic carbocycles. The second-order valence-corrected chi connectivity index (χ2v) is 19.4. The lowest BCUT2D eigenvalue weighted by atomic mass is 10.1. The predicted octanol–water partition coefficient (Wildman–Crippen LogP) is 7.97. The van der Waals surface area contributed by atoms with Crippen molar-refractivity contribution in [2.75, 3.05) is 62.3 Å². The van der Waals surface area contributed by atoms with E-state index in [4.69, 9.17) is 0 Å². The molecule has 0 bridgehead atoms. The summed E-state index contributed by atoms with van der Waals surface area (Å²) in [6.07, 6.45) is 17.2. The highest BCUT2D eigenvalue weighted by Crippen LogP contribution is 2.34. The van der Waals surface area contributed by atoms with Crippen LogP contribution >= 0.6 is 31.9 Å². The molecule has 2 amide bonds. The first kappa shape index (κ1) is 42.8. The Balaban J connectivity index is 0.000000132. The van der Waals surface area contributed by atoms with Gasteiger partial charge in [-0.25, -0.2) is 15.0 Å². The number of allylic oxidation sites excluding steroid dienone is 1. The second kappa shape index (κ2) is 19.1. The van der Waals surface area contributed by atoms with Crippen LogP contribution in [0.15, 0.2) is 81.6 Å². The van der Waals surface area contributed by atoms with Crippen molar-refractivity contribution in [2.24, 2.45) is 0 Å². The average Bonchev–Trinajstić information content (AvgIpc) is 4.04. The molecular formula is C48H56Br2N10O2. The number of carbonyl (C=O) groups excluding carboxylic acids is 2. The van der Waals surface area contributed by atoms with Crippen LogP contribution in [-0.2, 0) is 35.6 Å². The molecule has 3 fully saturated rings. The van der Waals surface area contributed by atoms with Crippen molar-refractivity contribution in [1.29, 1.82) is 0 Å². The van der Waals surface area contributed by atoms with Crippen LogP contribution in [0.1, 0.15) is 78.8 Å². The van der Waals surface area contributed by atoms with Gasteiger partial charge in [0.1, 0.15) is 17.5 Å². The number of fused-ring (bicyclic) bond motifs is 7. The third kappa shape index (κ3) is 9.69. The van der Waals surface area contributed by atoms with E-state index in [-0.39, 0.29) is 17.9 Å². The summed E-state index contributed by atoms with van der Waals surface area (Å²) < 4.78 is 2.03. The lowest BCUT2D eigenvalue weighted by molar-refractivity contribution is -0.124. The Labute approximate surface area is 381 Å². The minimum Gasteiger partial charge on any atom is -0.368 e. The van der Waals surface area contributed by atoms with E-state index in [0.717, 1.165) is 96.8 Å². The molecule has 0 spiro atoms. The summed E-state index contributed by atoms with van der Waals surface area (Å²) in [5, 5.41) is 9.86. The molecule has 12 nitrogen and oxygen atoms in total. The fourth-order valence-electron chi connectivity index (χ4n) is 10.1. The summed E-state index contributed by atoms with van der Waals surface area (Å²) in [4.78, 5) is 47.1. The monoisotopic (exact) mass is 962 g/mol. The normalized spacial score (nSPS) is 22.6. The summed E-state index contributed by atoms with van der Waals surface area (Å²) >= 11 is 6.89. The van der Waals surface area contributed by atoms with E-state index in [0.29, 0.717) is 24.4 Å². The van der Waals surface area contributed by atoms with Gasteiger partial charge in [-0.1, -0.05) is 24.3 Å². The maximum absolute atomic E-state index is 12.8. The molecule has 7 aliphatic rings. The summed E-state index contributed by atoms with van der Waals surface area (Å²) in [5.74, 6) is 2.86. The zero-order chi connectivity index (χ0) is 42.7.